The Labute approximate surface area is 86.9 Å². The zero-order valence-electron chi connectivity index (χ0n) is 8.64. The molecule has 1 N–H and O–H groups in total. The van der Waals surface area contributed by atoms with Crippen molar-refractivity contribution in [1.29, 1.82) is 0 Å². The van der Waals surface area contributed by atoms with Gasteiger partial charge in [-0.3, -0.25) is 4.79 Å². The average Bonchev–Trinajstić information content (AvgIpc) is 2.16. The number of carboxylic acid groups (broad SMARTS) is 1. The van der Waals surface area contributed by atoms with Crippen LogP contribution < -0.4 is 10.2 Å². The molecule has 0 aliphatic heterocycles. The van der Waals surface area contributed by atoms with Crippen molar-refractivity contribution >= 4 is 5.97 Å². The molecule has 1 heterocycles. The number of hydrogen-bond acceptors (Lipinski definition) is 3. The minimum Gasteiger partial charge on any atom is -0.479 e. The van der Waals surface area contributed by atoms with Crippen LogP contribution in [0.1, 0.15) is 19.9 Å². The number of hydrogen-bond donors (Lipinski definition) is 1. The van der Waals surface area contributed by atoms with Gasteiger partial charge in [0.05, 0.1) is 6.20 Å². The summed E-state index contributed by atoms with van der Waals surface area (Å²) in [5, 5.41) is 8.41. The number of carboxylic acids is 1. The van der Waals surface area contributed by atoms with E-state index in [4.69, 9.17) is 9.84 Å². The first-order valence-electron chi connectivity index (χ1n) is 4.57. The van der Waals surface area contributed by atoms with Gasteiger partial charge in [-0.15, -0.1) is 0 Å². The lowest BCUT2D eigenvalue weighted by Crippen LogP contribution is -2.16. The average molecular weight is 211 g/mol. The highest BCUT2D eigenvalue weighted by molar-refractivity contribution is 5.68. The smallest absolute Gasteiger partial charge is 0.341 e. The molecule has 0 spiro atoms. The molecule has 0 radical (unpaired) electrons. The Kier molecular flexibility index (Phi) is 3.49. The number of rotatable bonds is 4. The number of aromatic nitrogens is 1. The van der Waals surface area contributed by atoms with Gasteiger partial charge in [-0.2, -0.15) is 0 Å². The number of ether oxygens (including phenoxy) is 1. The van der Waals surface area contributed by atoms with Crippen LogP contribution in [0.15, 0.2) is 23.3 Å². The summed E-state index contributed by atoms with van der Waals surface area (Å²) < 4.78 is 6.63. The molecule has 0 atom stereocenters. The molecule has 1 rings (SSSR count). The molecule has 5 heteroatoms. The summed E-state index contributed by atoms with van der Waals surface area (Å²) >= 11 is 0. The molecular weight excluding hydrogens is 198 g/mol. The Morgan fingerprint density at radius 3 is 2.80 bits per heavy atom. The highest BCUT2D eigenvalue weighted by Gasteiger charge is 2.05. The van der Waals surface area contributed by atoms with Crippen molar-refractivity contribution in [3.8, 4) is 5.75 Å². The molecule has 0 fully saturated rings. The SMILES string of the molecule is CC(C)n1ccc(=O)c(OCC(=O)O)c1. The molecule has 0 unspecified atom stereocenters. The van der Waals surface area contributed by atoms with Crippen LogP contribution in [-0.4, -0.2) is 22.2 Å². The number of carbonyl (C=O) groups is 1. The summed E-state index contributed by atoms with van der Waals surface area (Å²) in [5.41, 5.74) is -0.312. The van der Waals surface area contributed by atoms with Gasteiger partial charge in [-0.25, -0.2) is 4.79 Å². The number of pyridine rings is 1. The summed E-state index contributed by atoms with van der Waals surface area (Å²) in [7, 11) is 0. The van der Waals surface area contributed by atoms with Crippen molar-refractivity contribution < 1.29 is 14.6 Å². The Morgan fingerprint density at radius 1 is 1.60 bits per heavy atom. The van der Waals surface area contributed by atoms with E-state index in [9.17, 15) is 9.59 Å². The second-order valence-corrected chi connectivity index (χ2v) is 3.40. The normalized spacial score (nSPS) is 10.3. The highest BCUT2D eigenvalue weighted by atomic mass is 16.5. The van der Waals surface area contributed by atoms with Crippen molar-refractivity contribution in [3.63, 3.8) is 0 Å². The molecule has 1 aromatic heterocycles. The lowest BCUT2D eigenvalue weighted by molar-refractivity contribution is -0.139. The van der Waals surface area contributed by atoms with Crippen LogP contribution in [0.4, 0.5) is 0 Å². The Hall–Kier alpha value is -1.78. The van der Waals surface area contributed by atoms with E-state index in [1.54, 1.807) is 10.8 Å². The van der Waals surface area contributed by atoms with E-state index in [-0.39, 0.29) is 17.2 Å². The van der Waals surface area contributed by atoms with Gasteiger partial charge in [0, 0.05) is 18.3 Å². The molecule has 0 aliphatic carbocycles. The first kappa shape index (κ1) is 11.3. The predicted molar refractivity (Wildman–Crippen MR) is 54.2 cm³/mol. The third-order valence-corrected chi connectivity index (χ3v) is 1.85. The molecule has 15 heavy (non-hydrogen) atoms. The molecule has 0 amide bonds. The second kappa shape index (κ2) is 4.63. The molecule has 5 nitrogen and oxygen atoms in total. The van der Waals surface area contributed by atoms with Gasteiger partial charge in [0.25, 0.3) is 0 Å². The van der Waals surface area contributed by atoms with Gasteiger partial charge >= 0.3 is 5.97 Å². The van der Waals surface area contributed by atoms with Crippen LogP contribution in [0.25, 0.3) is 0 Å². The molecule has 82 valence electrons. The van der Waals surface area contributed by atoms with Gasteiger partial charge in [0.15, 0.2) is 12.4 Å². The van der Waals surface area contributed by atoms with Crippen molar-refractivity contribution in [3.05, 3.63) is 28.7 Å². The monoisotopic (exact) mass is 211 g/mol. The Morgan fingerprint density at radius 2 is 2.27 bits per heavy atom. The van der Waals surface area contributed by atoms with Gasteiger partial charge in [0.2, 0.25) is 5.43 Å². The molecule has 0 aromatic carbocycles. The number of nitrogens with zero attached hydrogens (tertiary/aromatic N) is 1. The molecule has 0 bridgehead atoms. The maximum atomic E-state index is 11.3. The minimum absolute atomic E-state index is 0.0635. The maximum absolute atomic E-state index is 11.3. The Bertz CT molecular complexity index is 408. The van der Waals surface area contributed by atoms with Crippen molar-refractivity contribution in [2.24, 2.45) is 0 Å². The largest absolute Gasteiger partial charge is 0.479 e. The number of aliphatic carboxylic acids is 1. The van der Waals surface area contributed by atoms with Crippen LogP contribution >= 0.6 is 0 Å². The van der Waals surface area contributed by atoms with E-state index >= 15 is 0 Å². The molecule has 0 saturated heterocycles. The van der Waals surface area contributed by atoms with Gasteiger partial charge in [-0.1, -0.05) is 0 Å². The Balaban J connectivity index is 2.90. The predicted octanol–water partition coefficient (Wildman–Crippen LogP) is 0.893. The third-order valence-electron chi connectivity index (χ3n) is 1.85. The molecule has 0 aliphatic rings. The van der Waals surface area contributed by atoms with Crippen LogP contribution in [0.3, 0.4) is 0 Å². The van der Waals surface area contributed by atoms with Gasteiger partial charge in [-0.05, 0) is 13.8 Å². The fraction of sp³-hybridized carbons (Fsp3) is 0.400. The topological polar surface area (TPSA) is 68.5 Å². The van der Waals surface area contributed by atoms with E-state index in [0.717, 1.165) is 0 Å². The van der Waals surface area contributed by atoms with E-state index in [1.165, 1.54) is 12.3 Å². The van der Waals surface area contributed by atoms with E-state index < -0.39 is 12.6 Å². The van der Waals surface area contributed by atoms with Crippen LogP contribution in [0.2, 0.25) is 0 Å². The fourth-order valence-electron chi connectivity index (χ4n) is 1.05. The van der Waals surface area contributed by atoms with Crippen molar-refractivity contribution in [2.75, 3.05) is 6.61 Å². The summed E-state index contributed by atoms with van der Waals surface area (Å²) in [6.07, 6.45) is 3.15. The molecule has 0 saturated carbocycles. The zero-order valence-corrected chi connectivity index (χ0v) is 8.64. The lowest BCUT2D eigenvalue weighted by atomic mass is 10.3. The lowest BCUT2D eigenvalue weighted by Gasteiger charge is -2.11. The highest BCUT2D eigenvalue weighted by Crippen LogP contribution is 2.08. The van der Waals surface area contributed by atoms with E-state index in [0.29, 0.717) is 0 Å². The molecular formula is C10H13NO4. The standard InChI is InChI=1S/C10H13NO4/c1-7(2)11-4-3-8(12)9(5-11)15-6-10(13)14/h3-5,7H,6H2,1-2H3,(H,13,14). The summed E-state index contributed by atoms with van der Waals surface area (Å²) in [6.45, 7) is 3.40. The minimum atomic E-state index is -1.10. The van der Waals surface area contributed by atoms with Crippen LogP contribution in [0.5, 0.6) is 5.75 Å². The van der Waals surface area contributed by atoms with Gasteiger partial charge in [0.1, 0.15) is 0 Å². The third kappa shape index (κ3) is 3.12. The van der Waals surface area contributed by atoms with E-state index in [2.05, 4.69) is 0 Å². The quantitative estimate of drug-likeness (QED) is 0.803. The fourth-order valence-corrected chi connectivity index (χ4v) is 1.05. The first-order valence-corrected chi connectivity index (χ1v) is 4.57. The first-order chi connectivity index (χ1) is 7.00. The maximum Gasteiger partial charge on any atom is 0.341 e. The van der Waals surface area contributed by atoms with Crippen molar-refractivity contribution in [2.45, 2.75) is 19.9 Å². The van der Waals surface area contributed by atoms with E-state index in [1.807, 2.05) is 13.8 Å². The summed E-state index contributed by atoms with van der Waals surface area (Å²) in [6, 6.07) is 1.55. The van der Waals surface area contributed by atoms with Crippen molar-refractivity contribution in [1.82, 2.24) is 4.57 Å². The second-order valence-electron chi connectivity index (χ2n) is 3.40. The summed E-state index contributed by atoms with van der Waals surface area (Å²) in [5.74, 6) is -1.04. The van der Waals surface area contributed by atoms with Crippen LogP contribution in [-0.2, 0) is 4.79 Å². The summed E-state index contributed by atoms with van der Waals surface area (Å²) in [4.78, 5) is 21.5. The van der Waals surface area contributed by atoms with Crippen LogP contribution in [0, 0.1) is 0 Å². The zero-order chi connectivity index (χ0) is 11.4. The van der Waals surface area contributed by atoms with Gasteiger partial charge < -0.3 is 14.4 Å². The molecule has 1 aromatic rings.